The first-order valence-corrected chi connectivity index (χ1v) is 7.37. The highest BCUT2D eigenvalue weighted by atomic mass is 32.2. The maximum atomic E-state index is 5.96. The van der Waals surface area contributed by atoms with Gasteiger partial charge in [0.1, 0.15) is 5.75 Å². The Morgan fingerprint density at radius 2 is 2.00 bits per heavy atom. The average Bonchev–Trinajstić information content (AvgIpc) is 2.67. The van der Waals surface area contributed by atoms with E-state index in [4.69, 9.17) is 4.74 Å². The third kappa shape index (κ3) is 3.11. The Bertz CT molecular complexity index is 549. The van der Waals surface area contributed by atoms with Crippen molar-refractivity contribution in [2.75, 3.05) is 13.3 Å². The number of aryl methyl sites for hydroxylation is 2. The Hall–Kier alpha value is -1.46. The van der Waals surface area contributed by atoms with Gasteiger partial charge in [0.05, 0.1) is 11.3 Å². The van der Waals surface area contributed by atoms with Crippen molar-refractivity contribution in [1.29, 1.82) is 0 Å². The number of nitrogens with zero attached hydrogens (tertiary/aromatic N) is 2. The lowest BCUT2D eigenvalue weighted by Crippen LogP contribution is -2.07. The zero-order chi connectivity index (χ0) is 13.8. The van der Waals surface area contributed by atoms with Crippen LogP contribution in [0.2, 0.25) is 0 Å². The molecule has 0 atom stereocenters. The van der Waals surface area contributed by atoms with Gasteiger partial charge in [0.25, 0.3) is 0 Å². The second-order valence-electron chi connectivity index (χ2n) is 4.30. The molecule has 0 saturated heterocycles. The second kappa shape index (κ2) is 6.12. The van der Waals surface area contributed by atoms with Crippen LogP contribution in [0.1, 0.15) is 11.3 Å². The summed E-state index contributed by atoms with van der Waals surface area (Å²) < 4.78 is 7.75. The first-order valence-electron chi connectivity index (χ1n) is 6.14. The molecule has 0 radical (unpaired) electrons. The molecule has 0 bridgehead atoms. The van der Waals surface area contributed by atoms with Gasteiger partial charge in [-0.2, -0.15) is 5.10 Å². The molecule has 0 unspecified atom stereocenters. The van der Waals surface area contributed by atoms with Gasteiger partial charge in [-0.05, 0) is 44.5 Å². The molecule has 0 aliphatic rings. The van der Waals surface area contributed by atoms with E-state index in [0.717, 1.165) is 29.4 Å². The van der Waals surface area contributed by atoms with Crippen molar-refractivity contribution in [3.8, 4) is 11.6 Å². The van der Waals surface area contributed by atoms with Crippen LogP contribution in [0.25, 0.3) is 0 Å². The molecular weight excluding hydrogens is 258 g/mol. The van der Waals surface area contributed by atoms with Crippen LogP contribution in [-0.2, 0) is 13.6 Å². The molecule has 0 spiro atoms. The van der Waals surface area contributed by atoms with Gasteiger partial charge in [-0.25, -0.2) is 4.68 Å². The standard InChI is InChI=1S/C14H19N3OS/c1-10-13(9-15-2)14(17(3)16-10)18-11-5-7-12(19-4)8-6-11/h5-8,15H,9H2,1-4H3. The summed E-state index contributed by atoms with van der Waals surface area (Å²) in [7, 11) is 3.82. The molecule has 102 valence electrons. The molecule has 0 aliphatic heterocycles. The number of hydrogen-bond donors (Lipinski definition) is 1. The lowest BCUT2D eigenvalue weighted by atomic mass is 10.2. The van der Waals surface area contributed by atoms with Gasteiger partial charge >= 0.3 is 0 Å². The summed E-state index contributed by atoms with van der Waals surface area (Å²) in [6, 6.07) is 8.08. The van der Waals surface area contributed by atoms with Crippen molar-refractivity contribution in [2.45, 2.75) is 18.4 Å². The van der Waals surface area contributed by atoms with Gasteiger partial charge < -0.3 is 10.1 Å². The number of benzene rings is 1. The van der Waals surface area contributed by atoms with Gasteiger partial charge in [0.15, 0.2) is 0 Å². The Labute approximate surface area is 118 Å². The first-order chi connectivity index (χ1) is 9.15. The van der Waals surface area contributed by atoms with Crippen molar-refractivity contribution in [2.24, 2.45) is 7.05 Å². The highest BCUT2D eigenvalue weighted by molar-refractivity contribution is 7.98. The van der Waals surface area contributed by atoms with E-state index in [2.05, 4.69) is 28.8 Å². The normalized spacial score (nSPS) is 10.7. The van der Waals surface area contributed by atoms with E-state index < -0.39 is 0 Å². The lowest BCUT2D eigenvalue weighted by Gasteiger charge is -2.09. The summed E-state index contributed by atoms with van der Waals surface area (Å²) in [6.07, 6.45) is 2.06. The van der Waals surface area contributed by atoms with Crippen LogP contribution in [0.3, 0.4) is 0 Å². The van der Waals surface area contributed by atoms with Gasteiger partial charge in [0, 0.05) is 18.5 Å². The predicted octanol–water partition coefficient (Wildman–Crippen LogP) is 2.96. The minimum atomic E-state index is 0.748. The first kappa shape index (κ1) is 14.0. The molecule has 1 heterocycles. The van der Waals surface area contributed by atoms with Crippen LogP contribution in [0.4, 0.5) is 0 Å². The fourth-order valence-electron chi connectivity index (χ4n) is 1.94. The topological polar surface area (TPSA) is 39.1 Å². The van der Waals surface area contributed by atoms with Gasteiger partial charge in [-0.3, -0.25) is 0 Å². The molecule has 1 N–H and O–H groups in total. The number of rotatable bonds is 5. The van der Waals surface area contributed by atoms with E-state index >= 15 is 0 Å². The van der Waals surface area contributed by atoms with Crippen LogP contribution in [0.15, 0.2) is 29.2 Å². The summed E-state index contributed by atoms with van der Waals surface area (Å²) in [4.78, 5) is 1.23. The van der Waals surface area contributed by atoms with Crippen LogP contribution in [0.5, 0.6) is 11.6 Å². The Morgan fingerprint density at radius 1 is 1.32 bits per heavy atom. The third-order valence-corrected chi connectivity index (χ3v) is 3.66. The predicted molar refractivity (Wildman–Crippen MR) is 79.0 cm³/mol. The van der Waals surface area contributed by atoms with Crippen LogP contribution in [0, 0.1) is 6.92 Å². The largest absolute Gasteiger partial charge is 0.439 e. The molecule has 0 fully saturated rings. The lowest BCUT2D eigenvalue weighted by molar-refractivity contribution is 0.424. The maximum Gasteiger partial charge on any atom is 0.222 e. The van der Waals surface area contributed by atoms with Crippen LogP contribution < -0.4 is 10.1 Å². The summed E-state index contributed by atoms with van der Waals surface area (Å²) in [5.41, 5.74) is 2.09. The number of nitrogens with one attached hydrogen (secondary N) is 1. The zero-order valence-corrected chi connectivity index (χ0v) is 12.5. The third-order valence-electron chi connectivity index (χ3n) is 2.92. The smallest absolute Gasteiger partial charge is 0.222 e. The van der Waals surface area contributed by atoms with Crippen molar-refractivity contribution in [1.82, 2.24) is 15.1 Å². The minimum Gasteiger partial charge on any atom is -0.439 e. The summed E-state index contributed by atoms with van der Waals surface area (Å²) >= 11 is 1.72. The van der Waals surface area contributed by atoms with Gasteiger partial charge in [-0.1, -0.05) is 0 Å². The molecule has 0 aliphatic carbocycles. The van der Waals surface area contributed by atoms with Crippen molar-refractivity contribution >= 4 is 11.8 Å². The van der Waals surface area contributed by atoms with Crippen molar-refractivity contribution < 1.29 is 4.74 Å². The van der Waals surface area contributed by atoms with Gasteiger partial charge in [0.2, 0.25) is 5.88 Å². The number of aromatic nitrogens is 2. The molecule has 2 aromatic rings. The quantitative estimate of drug-likeness (QED) is 0.853. The molecule has 5 heteroatoms. The van der Waals surface area contributed by atoms with Gasteiger partial charge in [-0.15, -0.1) is 11.8 Å². The van der Waals surface area contributed by atoms with E-state index in [0.29, 0.717) is 0 Å². The molecule has 1 aromatic carbocycles. The van der Waals surface area contributed by atoms with Crippen molar-refractivity contribution in [3.63, 3.8) is 0 Å². The highest BCUT2D eigenvalue weighted by Gasteiger charge is 2.14. The zero-order valence-electron chi connectivity index (χ0n) is 11.7. The monoisotopic (exact) mass is 277 g/mol. The van der Waals surface area contributed by atoms with E-state index in [1.54, 1.807) is 16.4 Å². The Balaban J connectivity index is 2.26. The fourth-order valence-corrected chi connectivity index (χ4v) is 2.35. The summed E-state index contributed by atoms with van der Waals surface area (Å²) in [5, 5.41) is 7.55. The molecule has 0 saturated carbocycles. The number of ether oxygens (including phenoxy) is 1. The molecular formula is C14H19N3OS. The average molecular weight is 277 g/mol. The molecule has 0 amide bonds. The number of thioether (sulfide) groups is 1. The van der Waals surface area contributed by atoms with Crippen molar-refractivity contribution in [3.05, 3.63) is 35.5 Å². The molecule has 19 heavy (non-hydrogen) atoms. The van der Waals surface area contributed by atoms with E-state index in [9.17, 15) is 0 Å². The number of hydrogen-bond acceptors (Lipinski definition) is 4. The van der Waals surface area contributed by atoms with E-state index in [-0.39, 0.29) is 0 Å². The van der Waals surface area contributed by atoms with Crippen LogP contribution in [-0.4, -0.2) is 23.1 Å². The Kier molecular flexibility index (Phi) is 4.50. The van der Waals surface area contributed by atoms with Crippen LogP contribution >= 0.6 is 11.8 Å². The fraction of sp³-hybridized carbons (Fsp3) is 0.357. The maximum absolute atomic E-state index is 5.96. The second-order valence-corrected chi connectivity index (χ2v) is 5.18. The molecule has 4 nitrogen and oxygen atoms in total. The Morgan fingerprint density at radius 3 is 2.58 bits per heavy atom. The molecule has 2 rings (SSSR count). The highest BCUT2D eigenvalue weighted by Crippen LogP contribution is 2.28. The summed E-state index contributed by atoms with van der Waals surface area (Å²) in [5.74, 6) is 1.63. The SMILES string of the molecule is CNCc1c(C)nn(C)c1Oc1ccc(SC)cc1. The minimum absolute atomic E-state index is 0.748. The van der Waals surface area contributed by atoms with E-state index in [1.807, 2.05) is 33.2 Å². The molecule has 1 aromatic heterocycles. The van der Waals surface area contributed by atoms with E-state index in [1.165, 1.54) is 4.90 Å². The summed E-state index contributed by atoms with van der Waals surface area (Å²) in [6.45, 7) is 2.74.